The largest absolute Gasteiger partial charge is 0.455 e. The van der Waals surface area contributed by atoms with Gasteiger partial charge in [0.15, 0.2) is 5.58 Å². The van der Waals surface area contributed by atoms with Gasteiger partial charge in [0.2, 0.25) is 0 Å². The third-order valence-electron chi connectivity index (χ3n) is 7.23. The lowest BCUT2D eigenvalue weighted by atomic mass is 10.0. The first-order chi connectivity index (χ1) is 18.4. The van der Waals surface area contributed by atoms with E-state index in [9.17, 15) is 0 Å². The van der Waals surface area contributed by atoms with Crippen LogP contribution >= 0.6 is 0 Å². The van der Waals surface area contributed by atoms with Gasteiger partial charge in [-0.15, -0.1) is 0 Å². The Morgan fingerprint density at radius 3 is 1.89 bits per heavy atom. The van der Waals surface area contributed by atoms with Crippen molar-refractivity contribution in [2.45, 2.75) is 0 Å². The standard InChI is InChI=1S/C34H21NO2/c1-2-12-23(13-3-1)35(28-18-10-17-26-25-15-6-8-19-30(25)36-33(26)28)29-21-22-11-4-5-14-24(22)34-32(29)27-16-7-9-20-31(27)37-34/h1-21H. The second-order valence-corrected chi connectivity index (χ2v) is 9.34. The molecule has 174 valence electrons. The zero-order valence-electron chi connectivity index (χ0n) is 19.9. The van der Waals surface area contributed by atoms with Crippen LogP contribution in [0.25, 0.3) is 54.6 Å². The SMILES string of the molecule is c1ccc(N(c2cccc3c2oc2ccccc23)c2cc3ccccc3c3oc4ccccc4c23)cc1. The molecule has 0 spiro atoms. The fraction of sp³-hybridized carbons (Fsp3) is 0. The van der Waals surface area contributed by atoms with Crippen LogP contribution in [0.15, 0.2) is 136 Å². The Morgan fingerprint density at radius 1 is 0.432 bits per heavy atom. The minimum absolute atomic E-state index is 0.863. The van der Waals surface area contributed by atoms with E-state index < -0.39 is 0 Å². The lowest BCUT2D eigenvalue weighted by molar-refractivity contribution is 0.669. The summed E-state index contributed by atoms with van der Waals surface area (Å²) in [4.78, 5) is 2.31. The molecule has 0 aliphatic heterocycles. The summed E-state index contributed by atoms with van der Waals surface area (Å²) in [6.07, 6.45) is 0. The fourth-order valence-electron chi connectivity index (χ4n) is 5.61. The van der Waals surface area contributed by atoms with Crippen molar-refractivity contribution >= 4 is 71.7 Å². The molecule has 0 aliphatic carbocycles. The lowest BCUT2D eigenvalue weighted by Crippen LogP contribution is -2.10. The van der Waals surface area contributed by atoms with Crippen LogP contribution in [-0.4, -0.2) is 0 Å². The van der Waals surface area contributed by atoms with Gasteiger partial charge >= 0.3 is 0 Å². The number of hydrogen-bond acceptors (Lipinski definition) is 3. The number of furan rings is 2. The molecule has 0 atom stereocenters. The minimum Gasteiger partial charge on any atom is -0.455 e. The van der Waals surface area contributed by atoms with Crippen LogP contribution in [0.5, 0.6) is 0 Å². The van der Waals surface area contributed by atoms with Crippen molar-refractivity contribution in [1.29, 1.82) is 0 Å². The number of hydrogen-bond donors (Lipinski definition) is 0. The van der Waals surface area contributed by atoms with Gasteiger partial charge in [0.05, 0.1) is 16.8 Å². The van der Waals surface area contributed by atoms with Gasteiger partial charge < -0.3 is 13.7 Å². The van der Waals surface area contributed by atoms with Crippen LogP contribution in [0.4, 0.5) is 17.1 Å². The summed E-state index contributed by atoms with van der Waals surface area (Å²) in [5.74, 6) is 0. The molecule has 0 radical (unpaired) electrons. The lowest BCUT2D eigenvalue weighted by Gasteiger charge is -2.26. The Kier molecular flexibility index (Phi) is 4.23. The maximum atomic E-state index is 6.51. The van der Waals surface area contributed by atoms with Gasteiger partial charge in [0, 0.05) is 27.2 Å². The van der Waals surface area contributed by atoms with Gasteiger partial charge in [-0.3, -0.25) is 0 Å². The van der Waals surface area contributed by atoms with E-state index in [0.29, 0.717) is 0 Å². The highest BCUT2D eigenvalue weighted by molar-refractivity contribution is 6.22. The number of fused-ring (bicyclic) bond motifs is 8. The zero-order chi connectivity index (χ0) is 24.3. The smallest absolute Gasteiger partial charge is 0.159 e. The molecule has 8 aromatic rings. The highest BCUT2D eigenvalue weighted by Crippen LogP contribution is 2.48. The van der Waals surface area contributed by atoms with Crippen molar-refractivity contribution in [3.8, 4) is 0 Å². The number of nitrogens with zero attached hydrogens (tertiary/aromatic N) is 1. The average Bonchev–Trinajstić information content (AvgIpc) is 3.54. The summed E-state index contributed by atoms with van der Waals surface area (Å²) in [6, 6.07) is 44.1. The average molecular weight is 476 g/mol. The van der Waals surface area contributed by atoms with Gasteiger partial charge in [0.25, 0.3) is 0 Å². The van der Waals surface area contributed by atoms with Crippen molar-refractivity contribution in [1.82, 2.24) is 0 Å². The van der Waals surface area contributed by atoms with Crippen molar-refractivity contribution < 1.29 is 8.83 Å². The molecule has 3 heteroatoms. The summed E-state index contributed by atoms with van der Waals surface area (Å²) in [5.41, 5.74) is 6.62. The Morgan fingerprint density at radius 2 is 1.05 bits per heavy atom. The molecule has 0 amide bonds. The molecule has 0 fully saturated rings. The molecule has 0 saturated heterocycles. The number of para-hydroxylation sites is 4. The van der Waals surface area contributed by atoms with E-state index in [1.165, 1.54) is 0 Å². The zero-order valence-corrected chi connectivity index (χ0v) is 19.9. The van der Waals surface area contributed by atoms with Crippen LogP contribution in [-0.2, 0) is 0 Å². The van der Waals surface area contributed by atoms with Crippen molar-refractivity contribution in [2.24, 2.45) is 0 Å². The van der Waals surface area contributed by atoms with Crippen molar-refractivity contribution in [3.63, 3.8) is 0 Å². The van der Waals surface area contributed by atoms with Crippen LogP contribution in [0, 0.1) is 0 Å². The van der Waals surface area contributed by atoms with Gasteiger partial charge in [-0.25, -0.2) is 0 Å². The monoisotopic (exact) mass is 475 g/mol. The first-order valence-corrected chi connectivity index (χ1v) is 12.5. The highest BCUT2D eigenvalue weighted by atomic mass is 16.3. The Bertz CT molecular complexity index is 2100. The molecule has 3 nitrogen and oxygen atoms in total. The molecular formula is C34H21NO2. The number of anilines is 3. The summed E-state index contributed by atoms with van der Waals surface area (Å²) >= 11 is 0. The van der Waals surface area contributed by atoms with Crippen LogP contribution < -0.4 is 4.90 Å². The first-order valence-electron chi connectivity index (χ1n) is 12.5. The minimum atomic E-state index is 0.863. The molecule has 6 aromatic carbocycles. The molecule has 0 unspecified atom stereocenters. The van der Waals surface area contributed by atoms with E-state index in [1.807, 2.05) is 30.3 Å². The van der Waals surface area contributed by atoms with Crippen LogP contribution in [0.3, 0.4) is 0 Å². The fourth-order valence-corrected chi connectivity index (χ4v) is 5.61. The summed E-state index contributed by atoms with van der Waals surface area (Å²) < 4.78 is 13.0. The number of rotatable bonds is 3. The van der Waals surface area contributed by atoms with Gasteiger partial charge in [-0.1, -0.05) is 91.0 Å². The third-order valence-corrected chi connectivity index (χ3v) is 7.23. The maximum absolute atomic E-state index is 6.51. The van der Waals surface area contributed by atoms with Crippen molar-refractivity contribution in [3.05, 3.63) is 127 Å². The second kappa shape index (κ2) is 7.74. The third kappa shape index (κ3) is 2.95. The molecule has 8 rings (SSSR count). The molecule has 0 saturated carbocycles. The van der Waals surface area contributed by atoms with Crippen LogP contribution in [0.1, 0.15) is 0 Å². The summed E-state index contributed by atoms with van der Waals surface area (Å²) in [5, 5.41) is 6.63. The van der Waals surface area contributed by atoms with E-state index in [1.54, 1.807) is 0 Å². The van der Waals surface area contributed by atoms with E-state index in [-0.39, 0.29) is 0 Å². The molecule has 2 aromatic heterocycles. The predicted molar refractivity (Wildman–Crippen MR) is 153 cm³/mol. The quantitative estimate of drug-likeness (QED) is 0.255. The van der Waals surface area contributed by atoms with E-state index in [4.69, 9.17) is 8.83 Å². The summed E-state index contributed by atoms with van der Waals surface area (Å²) in [7, 11) is 0. The highest BCUT2D eigenvalue weighted by Gasteiger charge is 2.24. The Hall–Kier alpha value is -5.02. The normalized spacial score (nSPS) is 11.8. The molecule has 37 heavy (non-hydrogen) atoms. The van der Waals surface area contributed by atoms with Crippen molar-refractivity contribution in [2.75, 3.05) is 4.90 Å². The molecule has 0 aliphatic rings. The molecular weight excluding hydrogens is 454 g/mol. The molecule has 2 heterocycles. The van der Waals surface area contributed by atoms with E-state index in [0.717, 1.165) is 71.7 Å². The van der Waals surface area contributed by atoms with Gasteiger partial charge in [-0.2, -0.15) is 0 Å². The number of benzene rings is 6. The summed E-state index contributed by atoms with van der Waals surface area (Å²) in [6.45, 7) is 0. The van der Waals surface area contributed by atoms with E-state index in [2.05, 4.69) is 102 Å². The second-order valence-electron chi connectivity index (χ2n) is 9.34. The van der Waals surface area contributed by atoms with Crippen LogP contribution in [0.2, 0.25) is 0 Å². The Balaban J connectivity index is 1.55. The Labute approximate surface area is 212 Å². The predicted octanol–water partition coefficient (Wildman–Crippen LogP) is 10.1. The molecule has 0 N–H and O–H groups in total. The topological polar surface area (TPSA) is 29.5 Å². The van der Waals surface area contributed by atoms with Gasteiger partial charge in [-0.05, 0) is 41.8 Å². The molecule has 0 bridgehead atoms. The van der Waals surface area contributed by atoms with E-state index >= 15 is 0 Å². The van der Waals surface area contributed by atoms with Gasteiger partial charge in [0.1, 0.15) is 16.7 Å². The maximum Gasteiger partial charge on any atom is 0.159 e. The first kappa shape index (κ1) is 20.2.